The van der Waals surface area contributed by atoms with Crippen molar-refractivity contribution in [1.29, 1.82) is 0 Å². The number of ether oxygens (including phenoxy) is 6. The minimum absolute atomic E-state index is 0.303. The Balaban J connectivity index is 0.000000342. The summed E-state index contributed by atoms with van der Waals surface area (Å²) in [7, 11) is 3.28. The highest BCUT2D eigenvalue weighted by molar-refractivity contribution is 5.81. The summed E-state index contributed by atoms with van der Waals surface area (Å²) in [5.41, 5.74) is 1.22. The zero-order chi connectivity index (χ0) is 32.4. The minimum Gasteiger partial charge on any atom is -0.497 e. The Hall–Kier alpha value is -5.38. The van der Waals surface area contributed by atoms with Gasteiger partial charge in [0.25, 0.3) is 0 Å². The van der Waals surface area contributed by atoms with Gasteiger partial charge in [0.05, 0.1) is 40.6 Å². The van der Waals surface area contributed by atoms with Crippen molar-refractivity contribution in [2.75, 3.05) is 40.6 Å². The maximum Gasteiger partial charge on any atom is 0.330 e. The maximum absolute atomic E-state index is 10.7. The van der Waals surface area contributed by atoms with Gasteiger partial charge < -0.3 is 28.4 Å². The number of hydrogen-bond donors (Lipinski definition) is 0. The maximum atomic E-state index is 10.7. The van der Waals surface area contributed by atoms with Crippen molar-refractivity contribution in [1.82, 2.24) is 0 Å². The summed E-state index contributed by atoms with van der Waals surface area (Å²) in [5, 5.41) is 0. The second-order valence-electron chi connectivity index (χ2n) is 8.40. The zero-order valence-electron chi connectivity index (χ0n) is 25.0. The molecule has 0 saturated heterocycles. The molecule has 10 heteroatoms. The number of carbonyl (C=O) groups excluding carboxylic acids is 4. The Kier molecular flexibility index (Phi) is 19.3. The van der Waals surface area contributed by atoms with E-state index in [0.717, 1.165) is 36.2 Å². The van der Waals surface area contributed by atoms with Gasteiger partial charge in [-0.2, -0.15) is 0 Å². The Morgan fingerprint density at radius 3 is 1.14 bits per heavy atom. The van der Waals surface area contributed by atoms with Crippen LogP contribution >= 0.6 is 0 Å². The molecule has 0 aromatic heterocycles. The molecule has 0 spiro atoms. The molecule has 0 aliphatic rings. The van der Waals surface area contributed by atoms with Crippen LogP contribution in [0.4, 0.5) is 0 Å². The molecule has 3 aromatic rings. The van der Waals surface area contributed by atoms with Gasteiger partial charge in [-0.3, -0.25) is 9.59 Å². The van der Waals surface area contributed by atoms with Crippen LogP contribution < -0.4 is 18.9 Å². The van der Waals surface area contributed by atoms with E-state index in [1.165, 1.54) is 0 Å². The van der Waals surface area contributed by atoms with Gasteiger partial charge in [-0.15, -0.1) is 0 Å². The summed E-state index contributed by atoms with van der Waals surface area (Å²) < 4.78 is 30.3. The van der Waals surface area contributed by atoms with Crippen molar-refractivity contribution in [2.45, 2.75) is 12.8 Å². The summed E-state index contributed by atoms with van der Waals surface area (Å²) in [4.78, 5) is 42.2. The summed E-state index contributed by atoms with van der Waals surface area (Å²) >= 11 is 0. The number of aldehydes is 2. The molecule has 0 fully saturated rings. The largest absolute Gasteiger partial charge is 0.497 e. The minimum atomic E-state index is -0.430. The number of benzene rings is 3. The molecule has 0 N–H and O–H groups in total. The molecule has 0 heterocycles. The lowest BCUT2D eigenvalue weighted by Gasteiger charge is -2.06. The van der Waals surface area contributed by atoms with E-state index in [1.54, 1.807) is 62.8 Å². The van der Waals surface area contributed by atoms with Crippen molar-refractivity contribution in [3.63, 3.8) is 0 Å². The van der Waals surface area contributed by atoms with E-state index in [1.807, 2.05) is 24.3 Å². The van der Waals surface area contributed by atoms with Crippen LogP contribution in [0.15, 0.2) is 98.1 Å². The molecule has 3 rings (SSSR count). The summed E-state index contributed by atoms with van der Waals surface area (Å²) in [5.74, 6) is 2.21. The van der Waals surface area contributed by atoms with Gasteiger partial charge in [-0.05, 0) is 72.8 Å². The van der Waals surface area contributed by atoms with E-state index >= 15 is 0 Å². The summed E-state index contributed by atoms with van der Waals surface area (Å²) in [6.07, 6.45) is 5.01. The lowest BCUT2D eigenvalue weighted by atomic mass is 10.2. The Bertz CT molecular complexity index is 1170. The van der Waals surface area contributed by atoms with Crippen molar-refractivity contribution in [3.05, 3.63) is 109 Å². The average Bonchev–Trinajstić information content (AvgIpc) is 3.08. The fraction of sp³-hybridized carbons (Fsp3) is 0.235. The number of hydrogen-bond acceptors (Lipinski definition) is 10. The van der Waals surface area contributed by atoms with Crippen molar-refractivity contribution in [3.8, 4) is 23.0 Å². The molecular formula is C34H38O10. The van der Waals surface area contributed by atoms with Crippen LogP contribution in [-0.2, 0) is 19.1 Å². The van der Waals surface area contributed by atoms with Crippen LogP contribution in [-0.4, -0.2) is 65.2 Å². The standard InChI is InChI=1S/2C13H14O4.C8H10O2/c2*1-2-13(15)17-9-3-8-16-12-6-4-11(10-14)5-7-12;1-9-7-3-5-8(10-2)6-4-7/h2*2,4-7,10H,1,3,8-9H2;3-6H,1-2H3. The molecule has 234 valence electrons. The molecule has 10 nitrogen and oxygen atoms in total. The third-order valence-corrected chi connectivity index (χ3v) is 5.26. The fourth-order valence-corrected chi connectivity index (χ4v) is 2.96. The number of carbonyl (C=O) groups is 4. The predicted molar refractivity (Wildman–Crippen MR) is 166 cm³/mol. The molecular weight excluding hydrogens is 568 g/mol. The Labute approximate surface area is 257 Å². The molecule has 3 aromatic carbocycles. The first-order chi connectivity index (χ1) is 21.4. The molecule has 0 saturated carbocycles. The molecule has 0 amide bonds. The molecule has 0 aliphatic carbocycles. The second-order valence-corrected chi connectivity index (χ2v) is 8.40. The lowest BCUT2D eigenvalue weighted by molar-refractivity contribution is -0.138. The van der Waals surface area contributed by atoms with E-state index in [4.69, 9.17) is 28.4 Å². The molecule has 0 unspecified atom stereocenters. The highest BCUT2D eigenvalue weighted by atomic mass is 16.5. The predicted octanol–water partition coefficient (Wildman–Crippen LogP) is 5.70. The normalized spacial score (nSPS) is 9.32. The van der Waals surface area contributed by atoms with Crippen LogP contribution in [0.5, 0.6) is 23.0 Å². The molecule has 0 atom stereocenters. The first-order valence-corrected chi connectivity index (χ1v) is 13.5. The van der Waals surface area contributed by atoms with Gasteiger partial charge in [0.2, 0.25) is 0 Å². The van der Waals surface area contributed by atoms with E-state index in [9.17, 15) is 19.2 Å². The van der Waals surface area contributed by atoms with Crippen LogP contribution in [0.25, 0.3) is 0 Å². The topological polar surface area (TPSA) is 124 Å². The average molecular weight is 607 g/mol. The third-order valence-electron chi connectivity index (χ3n) is 5.26. The third kappa shape index (κ3) is 16.8. The van der Waals surface area contributed by atoms with E-state index in [-0.39, 0.29) is 0 Å². The van der Waals surface area contributed by atoms with E-state index in [0.29, 0.717) is 61.9 Å². The molecule has 0 bridgehead atoms. The van der Waals surface area contributed by atoms with Crippen LogP contribution in [0, 0.1) is 0 Å². The van der Waals surface area contributed by atoms with Gasteiger partial charge in [0.1, 0.15) is 35.6 Å². The van der Waals surface area contributed by atoms with Crippen LogP contribution in [0.1, 0.15) is 33.6 Å². The van der Waals surface area contributed by atoms with Crippen molar-refractivity contribution < 1.29 is 47.6 Å². The SMILES string of the molecule is C=CC(=O)OCCCOc1ccc(C=O)cc1.C=CC(=O)OCCCOc1ccc(C=O)cc1.COc1ccc(OC)cc1. The highest BCUT2D eigenvalue weighted by Gasteiger charge is 1.99. The number of methoxy groups -OCH3 is 2. The zero-order valence-corrected chi connectivity index (χ0v) is 25.0. The van der Waals surface area contributed by atoms with Gasteiger partial charge >= 0.3 is 11.9 Å². The van der Waals surface area contributed by atoms with Gasteiger partial charge in [0, 0.05) is 36.1 Å². The van der Waals surface area contributed by atoms with E-state index < -0.39 is 11.9 Å². The first-order valence-electron chi connectivity index (χ1n) is 13.5. The fourth-order valence-electron chi connectivity index (χ4n) is 2.96. The highest BCUT2D eigenvalue weighted by Crippen LogP contribution is 2.16. The van der Waals surface area contributed by atoms with Gasteiger partial charge in [-0.1, -0.05) is 13.2 Å². The number of esters is 2. The first kappa shape index (κ1) is 36.6. The van der Waals surface area contributed by atoms with Crippen molar-refractivity contribution in [2.24, 2.45) is 0 Å². The second kappa shape index (κ2) is 23.2. The van der Waals surface area contributed by atoms with Gasteiger partial charge in [-0.25, -0.2) is 9.59 Å². The van der Waals surface area contributed by atoms with Crippen LogP contribution in [0.3, 0.4) is 0 Å². The molecule has 44 heavy (non-hydrogen) atoms. The summed E-state index contributed by atoms with van der Waals surface area (Å²) in [6.45, 7) is 8.08. The van der Waals surface area contributed by atoms with Crippen LogP contribution in [0.2, 0.25) is 0 Å². The molecule has 0 aliphatic heterocycles. The monoisotopic (exact) mass is 606 g/mol. The lowest BCUT2D eigenvalue weighted by Crippen LogP contribution is -2.06. The van der Waals surface area contributed by atoms with Crippen molar-refractivity contribution >= 4 is 24.5 Å². The quantitative estimate of drug-likeness (QED) is 0.0868. The number of rotatable bonds is 16. The summed E-state index contributed by atoms with van der Waals surface area (Å²) in [6, 6.07) is 21.0. The van der Waals surface area contributed by atoms with E-state index in [2.05, 4.69) is 13.2 Å². The smallest absolute Gasteiger partial charge is 0.330 e. The Morgan fingerprint density at radius 1 is 0.545 bits per heavy atom. The Morgan fingerprint density at radius 2 is 0.864 bits per heavy atom. The van der Waals surface area contributed by atoms with Gasteiger partial charge in [0.15, 0.2) is 0 Å². The molecule has 0 radical (unpaired) electrons.